The van der Waals surface area contributed by atoms with Crippen molar-refractivity contribution in [2.24, 2.45) is 0 Å². The van der Waals surface area contributed by atoms with E-state index in [1.807, 2.05) is 12.1 Å². The van der Waals surface area contributed by atoms with Crippen molar-refractivity contribution in [3.8, 4) is 11.5 Å². The van der Waals surface area contributed by atoms with Crippen LogP contribution in [0.5, 0.6) is 11.5 Å². The molecule has 0 aliphatic heterocycles. The zero-order valence-electron chi connectivity index (χ0n) is 16.5. The first kappa shape index (κ1) is 21.2. The summed E-state index contributed by atoms with van der Waals surface area (Å²) < 4.78 is 10.8. The molecule has 1 unspecified atom stereocenters. The van der Waals surface area contributed by atoms with Crippen molar-refractivity contribution >= 4 is 34.8 Å². The molecule has 0 aliphatic rings. The summed E-state index contributed by atoms with van der Waals surface area (Å²) in [6.45, 7) is 1.64. The number of benzene rings is 3. The molecule has 0 aromatic heterocycles. The van der Waals surface area contributed by atoms with Crippen molar-refractivity contribution in [2.45, 2.75) is 13.0 Å². The zero-order chi connectivity index (χ0) is 21.5. The maximum Gasteiger partial charge on any atom is 0.265 e. The lowest BCUT2D eigenvalue weighted by Crippen LogP contribution is -2.30. The van der Waals surface area contributed by atoms with E-state index in [2.05, 4.69) is 10.6 Å². The quantitative estimate of drug-likeness (QED) is 0.559. The van der Waals surface area contributed by atoms with E-state index in [1.165, 1.54) is 0 Å². The average Bonchev–Trinajstić information content (AvgIpc) is 2.74. The number of methoxy groups -OCH3 is 1. The van der Waals surface area contributed by atoms with Crippen molar-refractivity contribution in [3.63, 3.8) is 0 Å². The predicted octanol–water partition coefficient (Wildman–Crippen LogP) is 5.01. The van der Waals surface area contributed by atoms with Crippen LogP contribution in [0.1, 0.15) is 17.3 Å². The third kappa shape index (κ3) is 5.52. The summed E-state index contributed by atoms with van der Waals surface area (Å²) in [7, 11) is 1.54. The second-order valence-electron chi connectivity index (χ2n) is 6.44. The first-order valence-corrected chi connectivity index (χ1v) is 9.61. The van der Waals surface area contributed by atoms with Crippen LogP contribution in [0.15, 0.2) is 72.8 Å². The molecule has 3 aromatic carbocycles. The number of halogens is 1. The topological polar surface area (TPSA) is 76.7 Å². The lowest BCUT2D eigenvalue weighted by molar-refractivity contribution is -0.122. The van der Waals surface area contributed by atoms with Crippen LogP contribution < -0.4 is 20.1 Å². The Labute approximate surface area is 179 Å². The highest BCUT2D eigenvalue weighted by Gasteiger charge is 2.16. The van der Waals surface area contributed by atoms with Gasteiger partial charge in [0.2, 0.25) is 0 Å². The van der Waals surface area contributed by atoms with Crippen LogP contribution in [-0.2, 0) is 4.79 Å². The molecular weight excluding hydrogens is 404 g/mol. The molecular formula is C23H21ClN2O4. The Kier molecular flexibility index (Phi) is 6.93. The molecule has 0 heterocycles. The zero-order valence-corrected chi connectivity index (χ0v) is 17.3. The molecule has 30 heavy (non-hydrogen) atoms. The Balaban J connectivity index is 1.59. The predicted molar refractivity (Wildman–Crippen MR) is 118 cm³/mol. The number of hydrogen-bond donors (Lipinski definition) is 2. The fourth-order valence-electron chi connectivity index (χ4n) is 2.69. The van der Waals surface area contributed by atoms with Crippen molar-refractivity contribution in [1.29, 1.82) is 0 Å². The largest absolute Gasteiger partial charge is 0.495 e. The van der Waals surface area contributed by atoms with E-state index in [-0.39, 0.29) is 11.8 Å². The van der Waals surface area contributed by atoms with Gasteiger partial charge < -0.3 is 20.1 Å². The van der Waals surface area contributed by atoms with Gasteiger partial charge in [0.05, 0.1) is 12.8 Å². The minimum atomic E-state index is -0.725. The van der Waals surface area contributed by atoms with Gasteiger partial charge in [-0.25, -0.2) is 0 Å². The Morgan fingerprint density at radius 2 is 1.67 bits per heavy atom. The van der Waals surface area contributed by atoms with Crippen molar-refractivity contribution in [1.82, 2.24) is 0 Å². The molecule has 0 spiro atoms. The van der Waals surface area contributed by atoms with Gasteiger partial charge in [-0.2, -0.15) is 0 Å². The molecule has 3 aromatic rings. The number of anilines is 2. The number of ether oxygens (including phenoxy) is 2. The van der Waals surface area contributed by atoms with Crippen molar-refractivity contribution in [3.05, 3.63) is 83.4 Å². The molecule has 0 bridgehead atoms. The molecule has 0 saturated carbocycles. The summed E-state index contributed by atoms with van der Waals surface area (Å²) in [5, 5.41) is 6.10. The van der Waals surface area contributed by atoms with E-state index in [1.54, 1.807) is 74.7 Å². The number of rotatable bonds is 7. The van der Waals surface area contributed by atoms with Crippen LogP contribution in [0.2, 0.25) is 5.02 Å². The Bertz CT molecular complexity index is 1040. The first-order chi connectivity index (χ1) is 14.5. The summed E-state index contributed by atoms with van der Waals surface area (Å²) in [5.41, 5.74) is 1.58. The summed E-state index contributed by atoms with van der Waals surface area (Å²) in [5.74, 6) is 0.480. The Morgan fingerprint density at radius 1 is 0.933 bits per heavy atom. The van der Waals surface area contributed by atoms with Crippen LogP contribution in [0.25, 0.3) is 0 Å². The highest BCUT2D eigenvalue weighted by Crippen LogP contribution is 2.24. The SMILES string of the molecule is COc1ccccc1NC(=O)c1ccc(NC(=O)C(C)Oc2cccc(Cl)c2)cc1. The van der Waals surface area contributed by atoms with Gasteiger partial charge in [0.15, 0.2) is 6.10 Å². The van der Waals surface area contributed by atoms with Crippen molar-refractivity contribution in [2.75, 3.05) is 17.7 Å². The molecule has 7 heteroatoms. The highest BCUT2D eigenvalue weighted by atomic mass is 35.5. The lowest BCUT2D eigenvalue weighted by Gasteiger charge is -2.15. The standard InChI is InChI=1S/C23H21ClN2O4/c1-15(30-19-7-5-6-17(24)14-19)22(27)25-18-12-10-16(11-13-18)23(28)26-20-8-3-4-9-21(20)29-2/h3-15H,1-2H3,(H,25,27)(H,26,28). The second-order valence-corrected chi connectivity index (χ2v) is 6.87. The maximum atomic E-state index is 12.5. The molecule has 154 valence electrons. The van der Waals surface area contributed by atoms with Gasteiger partial charge in [0.25, 0.3) is 11.8 Å². The Morgan fingerprint density at radius 3 is 2.37 bits per heavy atom. The van der Waals surface area contributed by atoms with E-state index < -0.39 is 6.10 Å². The van der Waals surface area contributed by atoms with Gasteiger partial charge >= 0.3 is 0 Å². The summed E-state index contributed by atoms with van der Waals surface area (Å²) in [4.78, 5) is 24.8. The van der Waals surface area contributed by atoms with Gasteiger partial charge in [0.1, 0.15) is 11.5 Å². The van der Waals surface area contributed by atoms with Gasteiger partial charge in [-0.1, -0.05) is 29.8 Å². The number of hydrogen-bond acceptors (Lipinski definition) is 4. The molecule has 3 rings (SSSR count). The third-order valence-electron chi connectivity index (χ3n) is 4.25. The molecule has 2 N–H and O–H groups in total. The molecule has 0 aliphatic carbocycles. The van der Waals surface area contributed by atoms with Crippen molar-refractivity contribution < 1.29 is 19.1 Å². The normalized spacial score (nSPS) is 11.3. The van der Waals surface area contributed by atoms with Crippen LogP contribution in [-0.4, -0.2) is 25.0 Å². The van der Waals surface area contributed by atoms with Gasteiger partial charge in [-0.15, -0.1) is 0 Å². The minimum Gasteiger partial charge on any atom is -0.495 e. The first-order valence-electron chi connectivity index (χ1n) is 9.24. The third-order valence-corrected chi connectivity index (χ3v) is 4.48. The van der Waals surface area contributed by atoms with Gasteiger partial charge in [0, 0.05) is 16.3 Å². The fraction of sp³-hybridized carbons (Fsp3) is 0.130. The summed E-state index contributed by atoms with van der Waals surface area (Å²) in [6, 6.07) is 20.6. The van der Waals surface area contributed by atoms with Gasteiger partial charge in [-0.3, -0.25) is 9.59 Å². The van der Waals surface area contributed by atoms with E-state index in [0.29, 0.717) is 33.5 Å². The van der Waals surface area contributed by atoms with Gasteiger partial charge in [-0.05, 0) is 61.5 Å². The summed E-state index contributed by atoms with van der Waals surface area (Å²) >= 11 is 5.93. The Hall–Kier alpha value is -3.51. The molecule has 1 atom stereocenters. The number of carbonyl (C=O) groups is 2. The summed E-state index contributed by atoms with van der Waals surface area (Å²) in [6.07, 6.45) is -0.725. The van der Waals surface area contributed by atoms with E-state index in [4.69, 9.17) is 21.1 Å². The van der Waals surface area contributed by atoms with Crippen LogP contribution >= 0.6 is 11.6 Å². The number of para-hydroxylation sites is 2. The maximum absolute atomic E-state index is 12.5. The monoisotopic (exact) mass is 424 g/mol. The molecule has 2 amide bonds. The average molecular weight is 425 g/mol. The van der Waals surface area contributed by atoms with E-state index in [0.717, 1.165) is 0 Å². The smallest absolute Gasteiger partial charge is 0.265 e. The van der Waals surface area contributed by atoms with E-state index >= 15 is 0 Å². The fourth-order valence-corrected chi connectivity index (χ4v) is 2.87. The second kappa shape index (κ2) is 9.80. The van der Waals surface area contributed by atoms with Crippen LogP contribution in [0, 0.1) is 0 Å². The molecule has 0 saturated heterocycles. The van der Waals surface area contributed by atoms with Crippen LogP contribution in [0.4, 0.5) is 11.4 Å². The van der Waals surface area contributed by atoms with E-state index in [9.17, 15) is 9.59 Å². The number of carbonyl (C=O) groups excluding carboxylic acids is 2. The van der Waals surface area contributed by atoms with Crippen LogP contribution in [0.3, 0.4) is 0 Å². The number of nitrogens with one attached hydrogen (secondary N) is 2. The highest BCUT2D eigenvalue weighted by molar-refractivity contribution is 6.30. The lowest BCUT2D eigenvalue weighted by atomic mass is 10.2. The minimum absolute atomic E-state index is 0.282. The molecule has 0 fully saturated rings. The number of amides is 2. The molecule has 0 radical (unpaired) electrons. The molecule has 6 nitrogen and oxygen atoms in total.